The average Bonchev–Trinajstić information content (AvgIpc) is 2.97. The summed E-state index contributed by atoms with van der Waals surface area (Å²) in [6.07, 6.45) is 0.795. The van der Waals surface area contributed by atoms with E-state index in [1.165, 1.54) is 6.07 Å². The lowest BCUT2D eigenvalue weighted by atomic mass is 10.1. The van der Waals surface area contributed by atoms with Gasteiger partial charge in [-0.15, -0.1) is 0 Å². The van der Waals surface area contributed by atoms with E-state index in [1.54, 1.807) is 19.1 Å². The van der Waals surface area contributed by atoms with Crippen LogP contribution in [0.1, 0.15) is 28.0 Å². The number of carbonyl (C=O) groups is 1. The van der Waals surface area contributed by atoms with Crippen molar-refractivity contribution in [1.82, 2.24) is 15.3 Å². The molecule has 126 valence electrons. The summed E-state index contributed by atoms with van der Waals surface area (Å²) in [6, 6.07) is 6.74. The maximum atomic E-state index is 12.4. The Morgan fingerprint density at radius 1 is 1.38 bits per heavy atom. The molecule has 0 radical (unpaired) electrons. The van der Waals surface area contributed by atoms with E-state index in [2.05, 4.69) is 15.3 Å². The molecular formula is C17H19ClN4O2. The maximum absolute atomic E-state index is 12.4. The van der Waals surface area contributed by atoms with E-state index in [9.17, 15) is 9.59 Å². The fourth-order valence-electron chi connectivity index (χ4n) is 2.79. The molecule has 1 amide bonds. The maximum Gasteiger partial charge on any atom is 0.252 e. The Morgan fingerprint density at radius 2 is 2.17 bits per heavy atom. The second-order valence-corrected chi connectivity index (χ2v) is 6.49. The quantitative estimate of drug-likeness (QED) is 0.891. The van der Waals surface area contributed by atoms with Crippen LogP contribution < -0.4 is 15.8 Å². The number of H-pyrrole nitrogens is 1. The lowest BCUT2D eigenvalue weighted by molar-refractivity contribution is 0.0940. The molecular weight excluding hydrogens is 328 g/mol. The fourth-order valence-corrected chi connectivity index (χ4v) is 2.97. The lowest BCUT2D eigenvalue weighted by Gasteiger charge is -2.17. The molecule has 3 rings (SSSR count). The molecule has 1 aliphatic rings. The molecule has 0 saturated carbocycles. The first kappa shape index (κ1) is 16.5. The minimum Gasteiger partial charge on any atom is -0.347 e. The number of rotatable bonds is 3. The fraction of sp³-hybridized carbons (Fsp3) is 0.353. The van der Waals surface area contributed by atoms with Crippen molar-refractivity contribution in [1.29, 1.82) is 0 Å². The van der Waals surface area contributed by atoms with Gasteiger partial charge in [0, 0.05) is 41.5 Å². The van der Waals surface area contributed by atoms with Crippen molar-refractivity contribution >= 4 is 23.5 Å². The van der Waals surface area contributed by atoms with Crippen LogP contribution in [-0.4, -0.2) is 35.0 Å². The van der Waals surface area contributed by atoms with Crippen LogP contribution in [0.2, 0.25) is 5.02 Å². The van der Waals surface area contributed by atoms with Crippen molar-refractivity contribution in [2.45, 2.75) is 26.3 Å². The molecule has 0 aliphatic carbocycles. The number of halogens is 1. The van der Waals surface area contributed by atoms with E-state index in [0.29, 0.717) is 28.8 Å². The van der Waals surface area contributed by atoms with Gasteiger partial charge in [0.05, 0.1) is 0 Å². The highest BCUT2D eigenvalue weighted by molar-refractivity contribution is 6.31. The third-order valence-corrected chi connectivity index (χ3v) is 4.52. The molecule has 24 heavy (non-hydrogen) atoms. The number of benzene rings is 1. The topological polar surface area (TPSA) is 78.1 Å². The predicted molar refractivity (Wildman–Crippen MR) is 93.9 cm³/mol. The van der Waals surface area contributed by atoms with E-state index < -0.39 is 0 Å². The minimum absolute atomic E-state index is 0.00314. The van der Waals surface area contributed by atoms with Crippen LogP contribution in [0.15, 0.2) is 29.1 Å². The summed E-state index contributed by atoms with van der Waals surface area (Å²) in [4.78, 5) is 33.0. The number of nitrogens with zero attached hydrogens (tertiary/aromatic N) is 2. The van der Waals surface area contributed by atoms with Gasteiger partial charge < -0.3 is 10.2 Å². The number of nitrogens with one attached hydrogen (secondary N) is 2. The summed E-state index contributed by atoms with van der Waals surface area (Å²) in [7, 11) is 0. The zero-order valence-electron chi connectivity index (χ0n) is 13.6. The first-order chi connectivity index (χ1) is 11.4. The number of carbonyl (C=O) groups excluding carboxylic acids is 1. The van der Waals surface area contributed by atoms with E-state index in [1.807, 2.05) is 17.9 Å². The smallest absolute Gasteiger partial charge is 0.252 e. The Morgan fingerprint density at radius 3 is 2.88 bits per heavy atom. The average molecular weight is 347 g/mol. The van der Waals surface area contributed by atoms with Gasteiger partial charge in [-0.2, -0.15) is 0 Å². The zero-order valence-corrected chi connectivity index (χ0v) is 14.4. The van der Waals surface area contributed by atoms with Gasteiger partial charge in [0.25, 0.3) is 11.5 Å². The highest BCUT2D eigenvalue weighted by atomic mass is 35.5. The monoisotopic (exact) mass is 346 g/mol. The normalized spacial score (nSPS) is 17.1. The van der Waals surface area contributed by atoms with Gasteiger partial charge in [-0.1, -0.05) is 17.7 Å². The molecule has 1 unspecified atom stereocenters. The molecule has 1 fully saturated rings. The standard InChI is InChI=1S/C17H19ClN4O2/c1-10-3-4-12(8-14(10)18)16(24)20-13-5-6-22(9-13)17-19-11(2)7-15(23)21-17/h3-4,7-8,13H,5-6,9H2,1-2H3,(H,20,24)(H,19,21,23). The number of aromatic nitrogens is 2. The molecule has 2 N–H and O–H groups in total. The first-order valence-electron chi connectivity index (χ1n) is 7.82. The van der Waals surface area contributed by atoms with Gasteiger partial charge in [0.2, 0.25) is 5.95 Å². The van der Waals surface area contributed by atoms with Crippen molar-refractivity contribution in [2.24, 2.45) is 0 Å². The summed E-state index contributed by atoms with van der Waals surface area (Å²) < 4.78 is 0. The molecule has 1 aromatic heterocycles. The summed E-state index contributed by atoms with van der Waals surface area (Å²) in [5.74, 6) is 0.407. The van der Waals surface area contributed by atoms with Gasteiger partial charge >= 0.3 is 0 Å². The van der Waals surface area contributed by atoms with Crippen molar-refractivity contribution in [2.75, 3.05) is 18.0 Å². The van der Waals surface area contributed by atoms with Gasteiger partial charge in [-0.05, 0) is 38.0 Å². The molecule has 0 bridgehead atoms. The van der Waals surface area contributed by atoms with Gasteiger partial charge in [-0.3, -0.25) is 14.6 Å². The summed E-state index contributed by atoms with van der Waals surface area (Å²) in [5.41, 5.74) is 2.00. The van der Waals surface area contributed by atoms with Crippen LogP contribution in [0, 0.1) is 13.8 Å². The van der Waals surface area contributed by atoms with Gasteiger partial charge in [-0.25, -0.2) is 4.98 Å². The number of amides is 1. The molecule has 2 aromatic rings. The van der Waals surface area contributed by atoms with Crippen LogP contribution in [0.5, 0.6) is 0 Å². The lowest BCUT2D eigenvalue weighted by Crippen LogP contribution is -2.37. The second kappa shape index (κ2) is 6.65. The van der Waals surface area contributed by atoms with Crippen molar-refractivity contribution in [3.8, 4) is 0 Å². The summed E-state index contributed by atoms with van der Waals surface area (Å²) in [6.45, 7) is 5.02. The highest BCUT2D eigenvalue weighted by Crippen LogP contribution is 2.18. The third-order valence-electron chi connectivity index (χ3n) is 4.11. The summed E-state index contributed by atoms with van der Waals surface area (Å²) >= 11 is 6.08. The molecule has 1 saturated heterocycles. The number of aromatic amines is 1. The molecule has 1 atom stereocenters. The first-order valence-corrected chi connectivity index (χ1v) is 8.20. The minimum atomic E-state index is -0.167. The molecule has 0 spiro atoms. The largest absolute Gasteiger partial charge is 0.347 e. The van der Waals surface area contributed by atoms with Crippen LogP contribution in [0.4, 0.5) is 5.95 Å². The van der Waals surface area contributed by atoms with E-state index in [4.69, 9.17) is 11.6 Å². The summed E-state index contributed by atoms with van der Waals surface area (Å²) in [5, 5.41) is 3.59. The van der Waals surface area contributed by atoms with E-state index in [-0.39, 0.29) is 17.5 Å². The number of hydrogen-bond donors (Lipinski definition) is 2. The molecule has 2 heterocycles. The van der Waals surface area contributed by atoms with Crippen LogP contribution in [0.3, 0.4) is 0 Å². The molecule has 6 nitrogen and oxygen atoms in total. The van der Waals surface area contributed by atoms with E-state index in [0.717, 1.165) is 18.5 Å². The van der Waals surface area contributed by atoms with Gasteiger partial charge in [0.1, 0.15) is 0 Å². The Balaban J connectivity index is 1.66. The third kappa shape index (κ3) is 3.59. The van der Waals surface area contributed by atoms with Crippen LogP contribution in [0.25, 0.3) is 0 Å². The van der Waals surface area contributed by atoms with Crippen LogP contribution in [-0.2, 0) is 0 Å². The second-order valence-electron chi connectivity index (χ2n) is 6.08. The van der Waals surface area contributed by atoms with E-state index >= 15 is 0 Å². The van der Waals surface area contributed by atoms with Crippen molar-refractivity contribution in [3.05, 3.63) is 56.5 Å². The molecule has 1 aliphatic heterocycles. The number of hydrogen-bond acceptors (Lipinski definition) is 4. The number of aryl methyl sites for hydroxylation is 2. The van der Waals surface area contributed by atoms with Crippen molar-refractivity contribution in [3.63, 3.8) is 0 Å². The number of anilines is 1. The predicted octanol–water partition coefficient (Wildman–Crippen LogP) is 2.05. The Hall–Kier alpha value is -2.34. The highest BCUT2D eigenvalue weighted by Gasteiger charge is 2.26. The van der Waals surface area contributed by atoms with Crippen LogP contribution >= 0.6 is 11.6 Å². The Labute approximate surface area is 144 Å². The van der Waals surface area contributed by atoms with Gasteiger partial charge in [0.15, 0.2) is 0 Å². The Bertz CT molecular complexity index is 834. The SMILES string of the molecule is Cc1cc(=O)[nH]c(N2CCC(NC(=O)c3ccc(C)c(Cl)c3)C2)n1. The molecule has 1 aromatic carbocycles. The zero-order chi connectivity index (χ0) is 17.3. The molecule has 7 heteroatoms. The Kier molecular flexibility index (Phi) is 4.57. The van der Waals surface area contributed by atoms with Crippen molar-refractivity contribution < 1.29 is 4.79 Å².